The standard InChI is InChI=1S/C59H41NO/c1-59(2)54-24-14-13-21-47(54)48-34-33-44(35-55(48)59)60(42-29-25-39(26-30-42)38-15-5-3-6-16-38)43-31-27-41(28-32-43)52-37-56-53(36-51(52)40-17-7-4-8-18-40)57-49-22-11-9-19-45(49)46-20-10-12-23-50(46)58(57)61-56/h3-37H,1-2H3. The average Bonchev–Trinajstić information content (AvgIpc) is 3.81. The highest BCUT2D eigenvalue weighted by Gasteiger charge is 2.35. The molecule has 0 saturated heterocycles. The third-order valence-electron chi connectivity index (χ3n) is 13.1. The summed E-state index contributed by atoms with van der Waals surface area (Å²) >= 11 is 0. The first-order chi connectivity index (χ1) is 30.0. The Kier molecular flexibility index (Phi) is 7.92. The molecule has 0 aliphatic heterocycles. The first-order valence-electron chi connectivity index (χ1n) is 21.2. The van der Waals surface area contributed by atoms with E-state index in [1.165, 1.54) is 60.7 Å². The summed E-state index contributed by atoms with van der Waals surface area (Å²) in [6.45, 7) is 4.70. The van der Waals surface area contributed by atoms with Gasteiger partial charge < -0.3 is 9.32 Å². The van der Waals surface area contributed by atoms with E-state index in [-0.39, 0.29) is 5.41 Å². The van der Waals surface area contributed by atoms with Crippen LogP contribution in [0, 0.1) is 0 Å². The number of anilines is 3. The highest BCUT2D eigenvalue weighted by Crippen LogP contribution is 2.51. The van der Waals surface area contributed by atoms with E-state index in [9.17, 15) is 0 Å². The Morgan fingerprint density at radius 3 is 1.54 bits per heavy atom. The normalized spacial score (nSPS) is 12.9. The van der Waals surface area contributed by atoms with E-state index < -0.39 is 0 Å². The maximum Gasteiger partial charge on any atom is 0.143 e. The van der Waals surface area contributed by atoms with Gasteiger partial charge in [-0.3, -0.25) is 0 Å². The summed E-state index contributed by atoms with van der Waals surface area (Å²) in [7, 11) is 0. The summed E-state index contributed by atoms with van der Waals surface area (Å²) in [5, 5.41) is 7.09. The van der Waals surface area contributed by atoms with Crippen LogP contribution in [0.3, 0.4) is 0 Å². The molecule has 10 aromatic carbocycles. The summed E-state index contributed by atoms with van der Waals surface area (Å²) in [4.78, 5) is 2.40. The number of hydrogen-bond acceptors (Lipinski definition) is 2. The van der Waals surface area contributed by atoms with Crippen LogP contribution in [-0.2, 0) is 5.41 Å². The lowest BCUT2D eigenvalue weighted by atomic mass is 9.82. The first-order valence-corrected chi connectivity index (χ1v) is 21.2. The fourth-order valence-electron chi connectivity index (χ4n) is 10.0. The Hall–Kier alpha value is -7.68. The largest absolute Gasteiger partial charge is 0.455 e. The Balaban J connectivity index is 1.02. The van der Waals surface area contributed by atoms with Gasteiger partial charge in [0.1, 0.15) is 11.2 Å². The van der Waals surface area contributed by atoms with Crippen LogP contribution in [-0.4, -0.2) is 0 Å². The number of hydrogen-bond donors (Lipinski definition) is 0. The summed E-state index contributed by atoms with van der Waals surface area (Å²) < 4.78 is 6.91. The Bertz CT molecular complexity index is 3470. The molecule has 0 fully saturated rings. The molecular weight excluding hydrogens is 739 g/mol. The monoisotopic (exact) mass is 779 g/mol. The van der Waals surface area contributed by atoms with Crippen molar-refractivity contribution in [1.29, 1.82) is 0 Å². The van der Waals surface area contributed by atoms with Gasteiger partial charge in [0.05, 0.1) is 0 Å². The van der Waals surface area contributed by atoms with Gasteiger partial charge in [-0.25, -0.2) is 0 Å². The topological polar surface area (TPSA) is 16.4 Å². The zero-order valence-corrected chi connectivity index (χ0v) is 34.1. The summed E-state index contributed by atoms with van der Waals surface area (Å²) in [5.41, 5.74) is 17.4. The zero-order chi connectivity index (χ0) is 40.7. The number of fused-ring (bicyclic) bond motifs is 11. The van der Waals surface area contributed by atoms with Crippen molar-refractivity contribution in [3.8, 4) is 44.5 Å². The summed E-state index contributed by atoms with van der Waals surface area (Å²) in [5.74, 6) is 0. The highest BCUT2D eigenvalue weighted by atomic mass is 16.3. The van der Waals surface area contributed by atoms with Crippen LogP contribution < -0.4 is 4.90 Å². The molecule has 0 saturated carbocycles. The number of rotatable bonds is 6. The number of nitrogens with zero attached hydrogens (tertiary/aromatic N) is 1. The van der Waals surface area contributed by atoms with Crippen LogP contribution in [0.1, 0.15) is 25.0 Å². The lowest BCUT2D eigenvalue weighted by Gasteiger charge is -2.28. The number of furan rings is 1. The Morgan fingerprint density at radius 1 is 0.344 bits per heavy atom. The van der Waals surface area contributed by atoms with Gasteiger partial charge in [-0.2, -0.15) is 0 Å². The molecule has 0 spiro atoms. The van der Waals surface area contributed by atoms with Gasteiger partial charge in [0, 0.05) is 38.6 Å². The van der Waals surface area contributed by atoms with Crippen LogP contribution in [0.4, 0.5) is 17.1 Å². The molecule has 12 rings (SSSR count). The minimum absolute atomic E-state index is 0.115. The smallest absolute Gasteiger partial charge is 0.143 e. The molecule has 1 aliphatic rings. The lowest BCUT2D eigenvalue weighted by Crippen LogP contribution is -2.16. The van der Waals surface area contributed by atoms with E-state index in [4.69, 9.17) is 4.42 Å². The van der Waals surface area contributed by atoms with E-state index in [0.29, 0.717) is 0 Å². The summed E-state index contributed by atoms with van der Waals surface area (Å²) in [6, 6.07) is 77.2. The second-order valence-corrected chi connectivity index (χ2v) is 16.9. The number of benzene rings is 10. The molecule has 1 heterocycles. The molecule has 0 atom stereocenters. The lowest BCUT2D eigenvalue weighted by molar-refractivity contribution is 0.660. The molecule has 1 aliphatic carbocycles. The molecule has 0 radical (unpaired) electrons. The minimum Gasteiger partial charge on any atom is -0.455 e. The van der Waals surface area contributed by atoms with Gasteiger partial charge in [0.15, 0.2) is 0 Å². The van der Waals surface area contributed by atoms with Gasteiger partial charge in [-0.05, 0) is 120 Å². The van der Waals surface area contributed by atoms with E-state index in [1.807, 2.05) is 0 Å². The molecule has 2 nitrogen and oxygen atoms in total. The fourth-order valence-corrected chi connectivity index (χ4v) is 10.0. The Morgan fingerprint density at radius 2 is 0.836 bits per heavy atom. The van der Waals surface area contributed by atoms with Gasteiger partial charge >= 0.3 is 0 Å². The van der Waals surface area contributed by atoms with Gasteiger partial charge in [0.25, 0.3) is 0 Å². The van der Waals surface area contributed by atoms with E-state index in [2.05, 4.69) is 231 Å². The van der Waals surface area contributed by atoms with Gasteiger partial charge in [-0.15, -0.1) is 0 Å². The molecule has 0 N–H and O–H groups in total. The van der Waals surface area contributed by atoms with Crippen molar-refractivity contribution in [3.63, 3.8) is 0 Å². The predicted octanol–water partition coefficient (Wildman–Crippen LogP) is 16.7. The van der Waals surface area contributed by atoms with Crippen LogP contribution in [0.25, 0.3) is 88.0 Å². The second kappa shape index (κ2) is 13.7. The maximum atomic E-state index is 6.91. The molecule has 61 heavy (non-hydrogen) atoms. The van der Waals surface area contributed by atoms with E-state index in [0.717, 1.165) is 55.5 Å². The molecule has 0 amide bonds. The predicted molar refractivity (Wildman–Crippen MR) is 257 cm³/mol. The van der Waals surface area contributed by atoms with Crippen molar-refractivity contribution < 1.29 is 4.42 Å². The van der Waals surface area contributed by atoms with Crippen molar-refractivity contribution in [2.75, 3.05) is 4.90 Å². The van der Waals surface area contributed by atoms with Crippen molar-refractivity contribution in [2.45, 2.75) is 19.3 Å². The van der Waals surface area contributed by atoms with Gasteiger partial charge in [0.2, 0.25) is 0 Å². The SMILES string of the molecule is CC1(C)c2ccccc2-c2ccc(N(c3ccc(-c4ccccc4)cc3)c3ccc(-c4cc5oc6c7ccccc7c7ccccc7c6c5cc4-c4ccccc4)cc3)cc21. The third-order valence-corrected chi connectivity index (χ3v) is 13.1. The molecular formula is C59H41NO. The second-order valence-electron chi connectivity index (χ2n) is 16.9. The summed E-state index contributed by atoms with van der Waals surface area (Å²) in [6.07, 6.45) is 0. The minimum atomic E-state index is -0.115. The molecule has 2 heteroatoms. The van der Waals surface area contributed by atoms with Crippen molar-refractivity contribution in [1.82, 2.24) is 0 Å². The van der Waals surface area contributed by atoms with Crippen molar-refractivity contribution >= 4 is 60.5 Å². The van der Waals surface area contributed by atoms with Crippen molar-refractivity contribution in [3.05, 3.63) is 223 Å². The molecule has 1 aromatic heterocycles. The third kappa shape index (κ3) is 5.56. The van der Waals surface area contributed by atoms with Crippen LogP contribution >= 0.6 is 0 Å². The average molecular weight is 780 g/mol. The van der Waals surface area contributed by atoms with Crippen molar-refractivity contribution in [2.24, 2.45) is 0 Å². The molecule has 288 valence electrons. The Labute approximate surface area is 355 Å². The van der Waals surface area contributed by atoms with E-state index in [1.54, 1.807) is 0 Å². The van der Waals surface area contributed by atoms with E-state index >= 15 is 0 Å². The molecule has 0 bridgehead atoms. The van der Waals surface area contributed by atoms with Crippen LogP contribution in [0.2, 0.25) is 0 Å². The zero-order valence-electron chi connectivity index (χ0n) is 34.1. The molecule has 11 aromatic rings. The van der Waals surface area contributed by atoms with Crippen LogP contribution in [0.5, 0.6) is 0 Å². The molecule has 0 unspecified atom stereocenters. The van der Waals surface area contributed by atoms with Crippen LogP contribution in [0.15, 0.2) is 217 Å². The van der Waals surface area contributed by atoms with Gasteiger partial charge in [-0.1, -0.05) is 178 Å². The quantitative estimate of drug-likeness (QED) is 0.156. The fraction of sp³-hybridized carbons (Fsp3) is 0.0508. The highest BCUT2D eigenvalue weighted by molar-refractivity contribution is 6.30. The maximum absolute atomic E-state index is 6.91. The first kappa shape index (κ1) is 35.3.